The number of hydrogen-bond acceptors (Lipinski definition) is 5. The Morgan fingerprint density at radius 3 is 2.81 bits per heavy atom. The topological polar surface area (TPSA) is 93.4 Å². The highest BCUT2D eigenvalue weighted by atomic mass is 16.5. The molecule has 0 aliphatic heterocycles. The number of rotatable bonds is 7. The first kappa shape index (κ1) is 15.2. The molecule has 114 valence electrons. The maximum absolute atomic E-state index is 11.9. The average molecular weight is 291 g/mol. The second kappa shape index (κ2) is 6.97. The number of nitrogens with two attached hydrogens (primary N) is 1. The van der Waals surface area contributed by atoms with Crippen LogP contribution in [0.2, 0.25) is 0 Å². The summed E-state index contributed by atoms with van der Waals surface area (Å²) in [6, 6.07) is 5.37. The molecule has 1 aromatic rings. The largest absolute Gasteiger partial charge is 0.462 e. The summed E-state index contributed by atoms with van der Waals surface area (Å²) >= 11 is 0. The summed E-state index contributed by atoms with van der Waals surface area (Å²) in [5, 5.41) is 6.00. The van der Waals surface area contributed by atoms with Crippen molar-refractivity contribution < 1.29 is 14.3 Å². The number of hydrogen-bond donors (Lipinski definition) is 3. The van der Waals surface area contributed by atoms with E-state index in [4.69, 9.17) is 10.5 Å². The van der Waals surface area contributed by atoms with Gasteiger partial charge in [0.15, 0.2) is 0 Å². The lowest BCUT2D eigenvalue weighted by Crippen LogP contribution is -2.27. The van der Waals surface area contributed by atoms with Crippen LogP contribution in [0.15, 0.2) is 18.2 Å². The lowest BCUT2D eigenvalue weighted by atomic mass is 10.1. The van der Waals surface area contributed by atoms with Gasteiger partial charge in [0.2, 0.25) is 5.91 Å². The summed E-state index contributed by atoms with van der Waals surface area (Å²) in [6.45, 7) is 2.51. The van der Waals surface area contributed by atoms with Crippen molar-refractivity contribution in [2.24, 2.45) is 0 Å². The molecule has 0 bridgehead atoms. The Bertz CT molecular complexity index is 527. The highest BCUT2D eigenvalue weighted by Crippen LogP contribution is 2.20. The number of benzene rings is 1. The minimum absolute atomic E-state index is 0.0260. The number of amides is 1. The predicted octanol–water partition coefficient (Wildman–Crippen LogP) is 1.53. The van der Waals surface area contributed by atoms with Crippen LogP contribution in [0.1, 0.15) is 36.5 Å². The summed E-state index contributed by atoms with van der Waals surface area (Å²) in [7, 11) is 0. The summed E-state index contributed by atoms with van der Waals surface area (Å²) in [5.74, 6) is -0.395. The highest BCUT2D eigenvalue weighted by Gasteiger charge is 2.22. The molecule has 0 spiro atoms. The lowest BCUT2D eigenvalue weighted by Gasteiger charge is -2.12. The molecule has 0 radical (unpaired) electrons. The molecular weight excluding hydrogens is 270 g/mol. The summed E-state index contributed by atoms with van der Waals surface area (Å²) in [5.41, 5.74) is 7.21. The highest BCUT2D eigenvalue weighted by molar-refractivity contribution is 5.96. The average Bonchev–Trinajstić information content (AvgIpc) is 3.24. The van der Waals surface area contributed by atoms with Gasteiger partial charge in [-0.15, -0.1) is 0 Å². The zero-order chi connectivity index (χ0) is 15.2. The molecule has 1 fully saturated rings. The van der Waals surface area contributed by atoms with Gasteiger partial charge < -0.3 is 21.1 Å². The molecule has 0 aromatic heterocycles. The fourth-order valence-corrected chi connectivity index (χ4v) is 1.93. The molecule has 2 rings (SSSR count). The van der Waals surface area contributed by atoms with E-state index in [0.29, 0.717) is 42.6 Å². The first-order valence-corrected chi connectivity index (χ1v) is 7.20. The van der Waals surface area contributed by atoms with E-state index in [0.717, 1.165) is 12.8 Å². The lowest BCUT2D eigenvalue weighted by molar-refractivity contribution is -0.120. The summed E-state index contributed by atoms with van der Waals surface area (Å²) < 4.78 is 5.00. The van der Waals surface area contributed by atoms with Crippen LogP contribution in [0.5, 0.6) is 0 Å². The zero-order valence-electron chi connectivity index (χ0n) is 12.1. The van der Waals surface area contributed by atoms with Gasteiger partial charge in [-0.3, -0.25) is 4.79 Å². The minimum Gasteiger partial charge on any atom is -0.462 e. The van der Waals surface area contributed by atoms with Gasteiger partial charge in [0.1, 0.15) is 0 Å². The van der Waals surface area contributed by atoms with Crippen LogP contribution in [0, 0.1) is 0 Å². The number of carbonyl (C=O) groups excluding carboxylic acids is 2. The number of anilines is 2. The molecule has 21 heavy (non-hydrogen) atoms. The van der Waals surface area contributed by atoms with Crippen LogP contribution in [0.25, 0.3) is 0 Å². The molecule has 4 N–H and O–H groups in total. The van der Waals surface area contributed by atoms with E-state index in [2.05, 4.69) is 10.6 Å². The van der Waals surface area contributed by atoms with Crippen molar-refractivity contribution in [2.75, 3.05) is 24.2 Å². The van der Waals surface area contributed by atoms with Crippen molar-refractivity contribution in [1.29, 1.82) is 0 Å². The van der Waals surface area contributed by atoms with Gasteiger partial charge in [-0.25, -0.2) is 4.79 Å². The second-order valence-electron chi connectivity index (χ2n) is 5.04. The Labute approximate surface area is 124 Å². The molecular formula is C15H21N3O3. The van der Waals surface area contributed by atoms with Gasteiger partial charge in [-0.05, 0) is 38.0 Å². The summed E-state index contributed by atoms with van der Waals surface area (Å²) in [6.07, 6.45) is 2.51. The first-order valence-electron chi connectivity index (χ1n) is 7.20. The maximum atomic E-state index is 11.9. The van der Waals surface area contributed by atoms with E-state index in [9.17, 15) is 9.59 Å². The maximum Gasteiger partial charge on any atom is 0.340 e. The number of esters is 1. The SMILES string of the molecule is CCOC(=O)c1cc(N)ccc1NCCC(=O)NC1CC1. The molecule has 1 aromatic carbocycles. The van der Waals surface area contributed by atoms with Crippen molar-refractivity contribution in [3.63, 3.8) is 0 Å². The minimum atomic E-state index is -0.422. The summed E-state index contributed by atoms with van der Waals surface area (Å²) in [4.78, 5) is 23.5. The molecule has 0 saturated heterocycles. The third kappa shape index (κ3) is 4.66. The molecule has 0 atom stereocenters. The standard InChI is InChI=1S/C15H21N3O3/c1-2-21-15(20)12-9-10(16)3-6-13(12)17-8-7-14(19)18-11-4-5-11/h3,6,9,11,17H,2,4-5,7-8,16H2,1H3,(H,18,19). The zero-order valence-corrected chi connectivity index (χ0v) is 12.1. The van der Waals surface area contributed by atoms with Crippen molar-refractivity contribution >= 4 is 23.3 Å². The predicted molar refractivity (Wildman–Crippen MR) is 81.1 cm³/mol. The number of nitrogens with one attached hydrogen (secondary N) is 2. The van der Waals surface area contributed by atoms with Crippen molar-refractivity contribution in [3.8, 4) is 0 Å². The molecule has 1 saturated carbocycles. The van der Waals surface area contributed by atoms with E-state index in [-0.39, 0.29) is 5.91 Å². The molecule has 0 heterocycles. The van der Waals surface area contributed by atoms with Gasteiger partial charge >= 0.3 is 5.97 Å². The van der Waals surface area contributed by atoms with Gasteiger partial charge in [0.25, 0.3) is 0 Å². The quantitative estimate of drug-likeness (QED) is 0.523. The Balaban J connectivity index is 1.91. The second-order valence-corrected chi connectivity index (χ2v) is 5.04. The fraction of sp³-hybridized carbons (Fsp3) is 0.467. The van der Waals surface area contributed by atoms with E-state index < -0.39 is 5.97 Å². The third-order valence-electron chi connectivity index (χ3n) is 3.15. The van der Waals surface area contributed by atoms with Gasteiger partial charge in [-0.1, -0.05) is 0 Å². The molecule has 1 aliphatic rings. The number of nitrogen functional groups attached to an aromatic ring is 1. The van der Waals surface area contributed by atoms with Crippen LogP contribution >= 0.6 is 0 Å². The van der Waals surface area contributed by atoms with Gasteiger partial charge in [-0.2, -0.15) is 0 Å². The van der Waals surface area contributed by atoms with Crippen LogP contribution in [0.3, 0.4) is 0 Å². The Morgan fingerprint density at radius 2 is 2.14 bits per heavy atom. The van der Waals surface area contributed by atoms with Crippen LogP contribution < -0.4 is 16.4 Å². The van der Waals surface area contributed by atoms with E-state index >= 15 is 0 Å². The number of ether oxygens (including phenoxy) is 1. The van der Waals surface area contributed by atoms with Crippen molar-refractivity contribution in [1.82, 2.24) is 5.32 Å². The Kier molecular flexibility index (Phi) is 5.03. The molecule has 1 aliphatic carbocycles. The van der Waals surface area contributed by atoms with E-state index in [1.54, 1.807) is 25.1 Å². The Hall–Kier alpha value is -2.24. The fourth-order valence-electron chi connectivity index (χ4n) is 1.93. The van der Waals surface area contributed by atoms with Crippen molar-refractivity contribution in [2.45, 2.75) is 32.2 Å². The van der Waals surface area contributed by atoms with Crippen LogP contribution in [-0.4, -0.2) is 31.1 Å². The van der Waals surface area contributed by atoms with Crippen molar-refractivity contribution in [3.05, 3.63) is 23.8 Å². The third-order valence-corrected chi connectivity index (χ3v) is 3.15. The van der Waals surface area contributed by atoms with Crippen LogP contribution in [-0.2, 0) is 9.53 Å². The number of carbonyl (C=O) groups is 2. The normalized spacial score (nSPS) is 13.6. The molecule has 6 nitrogen and oxygen atoms in total. The molecule has 0 unspecified atom stereocenters. The monoisotopic (exact) mass is 291 g/mol. The Morgan fingerprint density at radius 1 is 1.38 bits per heavy atom. The smallest absolute Gasteiger partial charge is 0.340 e. The van der Waals surface area contributed by atoms with Crippen LogP contribution in [0.4, 0.5) is 11.4 Å². The van der Waals surface area contributed by atoms with Gasteiger partial charge in [0, 0.05) is 30.4 Å². The van der Waals surface area contributed by atoms with Gasteiger partial charge in [0.05, 0.1) is 12.2 Å². The first-order chi connectivity index (χ1) is 10.1. The molecule has 1 amide bonds. The van der Waals surface area contributed by atoms with E-state index in [1.807, 2.05) is 0 Å². The van der Waals surface area contributed by atoms with E-state index in [1.165, 1.54) is 0 Å². The molecule has 6 heteroatoms.